The topological polar surface area (TPSA) is 103 Å². The van der Waals surface area contributed by atoms with Crippen LogP contribution < -0.4 is 24.2 Å². The highest BCUT2D eigenvalue weighted by molar-refractivity contribution is 7.89. The van der Waals surface area contributed by atoms with Crippen molar-refractivity contribution in [3.05, 3.63) is 47.5 Å². The van der Waals surface area contributed by atoms with Crippen molar-refractivity contribution in [3.8, 4) is 17.2 Å². The van der Waals surface area contributed by atoms with E-state index in [0.29, 0.717) is 28.4 Å². The van der Waals surface area contributed by atoms with Crippen LogP contribution in [0.4, 0.5) is 0 Å². The second-order valence-corrected chi connectivity index (χ2v) is 9.26. The van der Waals surface area contributed by atoms with E-state index >= 15 is 0 Å². The molecule has 0 unspecified atom stereocenters. The van der Waals surface area contributed by atoms with Crippen molar-refractivity contribution < 1.29 is 27.4 Å². The summed E-state index contributed by atoms with van der Waals surface area (Å²) in [5.41, 5.74) is 0.439. The average molecular weight is 437 g/mol. The van der Waals surface area contributed by atoms with E-state index < -0.39 is 15.6 Å². The Hall–Kier alpha value is -2.78. The van der Waals surface area contributed by atoms with E-state index in [1.54, 1.807) is 32.9 Å². The maximum absolute atomic E-state index is 12.5. The van der Waals surface area contributed by atoms with Gasteiger partial charge in [-0.15, -0.1) is 0 Å². The fourth-order valence-corrected chi connectivity index (χ4v) is 4.17. The van der Waals surface area contributed by atoms with Gasteiger partial charge in [-0.25, -0.2) is 13.1 Å². The molecule has 2 aromatic carbocycles. The Kier molecular flexibility index (Phi) is 7.33. The standard InChI is InChI=1S/C21H28N2O6S/c1-21(2,3)23-30(25,26)16-9-7-14(8-10-16)20(24)22-13-15-11-18(28-5)19(29-6)12-17(15)27-4/h7-12,23H,13H2,1-6H3,(H,22,24). The van der Waals surface area contributed by atoms with Crippen LogP contribution in [0.15, 0.2) is 41.3 Å². The van der Waals surface area contributed by atoms with E-state index in [1.807, 2.05) is 0 Å². The molecule has 0 saturated carbocycles. The van der Waals surface area contributed by atoms with Crippen molar-refractivity contribution in [2.45, 2.75) is 37.8 Å². The highest BCUT2D eigenvalue weighted by Crippen LogP contribution is 2.34. The quantitative estimate of drug-likeness (QED) is 0.660. The van der Waals surface area contributed by atoms with Crippen LogP contribution in [0.3, 0.4) is 0 Å². The Bertz CT molecular complexity index is 995. The van der Waals surface area contributed by atoms with Crippen molar-refractivity contribution in [2.24, 2.45) is 0 Å². The molecule has 0 aliphatic heterocycles. The molecule has 0 radical (unpaired) electrons. The number of carbonyl (C=O) groups is 1. The minimum atomic E-state index is -3.66. The zero-order valence-corrected chi connectivity index (χ0v) is 18.8. The monoisotopic (exact) mass is 436 g/mol. The van der Waals surface area contributed by atoms with Crippen LogP contribution >= 0.6 is 0 Å². The van der Waals surface area contributed by atoms with Gasteiger partial charge < -0.3 is 19.5 Å². The number of benzene rings is 2. The summed E-state index contributed by atoms with van der Waals surface area (Å²) in [5, 5.41) is 2.79. The maximum Gasteiger partial charge on any atom is 0.251 e. The molecule has 30 heavy (non-hydrogen) atoms. The van der Waals surface area contributed by atoms with Crippen LogP contribution in [0.5, 0.6) is 17.2 Å². The van der Waals surface area contributed by atoms with Crippen molar-refractivity contribution in [1.29, 1.82) is 0 Å². The van der Waals surface area contributed by atoms with E-state index in [1.165, 1.54) is 45.6 Å². The molecule has 0 fully saturated rings. The molecule has 2 rings (SSSR count). The third-order valence-corrected chi connectivity index (χ3v) is 5.87. The van der Waals surface area contributed by atoms with Crippen LogP contribution in [0, 0.1) is 0 Å². The SMILES string of the molecule is COc1cc(OC)c(OC)cc1CNC(=O)c1ccc(S(=O)(=O)NC(C)(C)C)cc1. The fraction of sp³-hybridized carbons (Fsp3) is 0.381. The minimum Gasteiger partial charge on any atom is -0.496 e. The first-order chi connectivity index (χ1) is 14.0. The molecule has 2 aromatic rings. The summed E-state index contributed by atoms with van der Waals surface area (Å²) in [6.07, 6.45) is 0. The number of nitrogens with one attached hydrogen (secondary N) is 2. The Balaban J connectivity index is 2.14. The number of ether oxygens (including phenoxy) is 3. The Morgan fingerprint density at radius 3 is 1.93 bits per heavy atom. The van der Waals surface area contributed by atoms with Crippen molar-refractivity contribution in [2.75, 3.05) is 21.3 Å². The maximum atomic E-state index is 12.5. The number of hydrogen-bond acceptors (Lipinski definition) is 6. The number of amides is 1. The summed E-state index contributed by atoms with van der Waals surface area (Å²) in [5.74, 6) is 1.23. The normalized spacial score (nSPS) is 11.7. The van der Waals surface area contributed by atoms with Crippen LogP contribution in [-0.2, 0) is 16.6 Å². The van der Waals surface area contributed by atoms with E-state index in [9.17, 15) is 13.2 Å². The Labute approximate surface area is 177 Å². The van der Waals surface area contributed by atoms with Gasteiger partial charge in [0.1, 0.15) is 5.75 Å². The van der Waals surface area contributed by atoms with Gasteiger partial charge in [0.2, 0.25) is 10.0 Å². The lowest BCUT2D eigenvalue weighted by atomic mass is 10.1. The van der Waals surface area contributed by atoms with E-state index in [0.717, 1.165) is 0 Å². The summed E-state index contributed by atoms with van der Waals surface area (Å²) >= 11 is 0. The van der Waals surface area contributed by atoms with Gasteiger partial charge in [-0.05, 0) is 51.1 Å². The molecule has 0 atom stereocenters. The third-order valence-electron chi connectivity index (χ3n) is 4.09. The second kappa shape index (κ2) is 9.36. The van der Waals surface area contributed by atoms with Crippen molar-refractivity contribution in [1.82, 2.24) is 10.0 Å². The molecule has 0 aliphatic carbocycles. The molecule has 164 valence electrons. The molecule has 0 aromatic heterocycles. The van der Waals surface area contributed by atoms with Crippen molar-refractivity contribution >= 4 is 15.9 Å². The summed E-state index contributed by atoms with van der Waals surface area (Å²) in [7, 11) is 0.914. The third kappa shape index (κ3) is 5.87. The van der Waals surface area contributed by atoms with Gasteiger partial charge in [-0.3, -0.25) is 4.79 Å². The van der Waals surface area contributed by atoms with Gasteiger partial charge in [-0.2, -0.15) is 0 Å². The Morgan fingerprint density at radius 1 is 0.900 bits per heavy atom. The lowest BCUT2D eigenvalue weighted by Gasteiger charge is -2.20. The van der Waals surface area contributed by atoms with Gasteiger partial charge in [0.25, 0.3) is 5.91 Å². The van der Waals surface area contributed by atoms with Gasteiger partial charge in [0, 0.05) is 29.3 Å². The number of hydrogen-bond donors (Lipinski definition) is 2. The van der Waals surface area contributed by atoms with Crippen LogP contribution in [0.25, 0.3) is 0 Å². The molecule has 8 nitrogen and oxygen atoms in total. The molecule has 0 bridgehead atoms. The first kappa shape index (κ1) is 23.5. The lowest BCUT2D eigenvalue weighted by Crippen LogP contribution is -2.40. The molecule has 0 heterocycles. The van der Waals surface area contributed by atoms with Crippen LogP contribution in [-0.4, -0.2) is 41.2 Å². The molecule has 0 aliphatic rings. The molecule has 9 heteroatoms. The van der Waals surface area contributed by atoms with E-state index in [4.69, 9.17) is 14.2 Å². The second-order valence-electron chi connectivity index (χ2n) is 7.58. The summed E-state index contributed by atoms with van der Waals surface area (Å²) in [6.45, 7) is 5.46. The summed E-state index contributed by atoms with van der Waals surface area (Å²) < 4.78 is 43.2. The first-order valence-electron chi connectivity index (χ1n) is 9.22. The van der Waals surface area contributed by atoms with Gasteiger partial charge in [-0.1, -0.05) is 0 Å². The highest BCUT2D eigenvalue weighted by Gasteiger charge is 2.22. The fourth-order valence-electron chi connectivity index (χ4n) is 2.76. The van der Waals surface area contributed by atoms with Crippen LogP contribution in [0.2, 0.25) is 0 Å². The summed E-state index contributed by atoms with van der Waals surface area (Å²) in [4.78, 5) is 12.6. The number of rotatable bonds is 8. The van der Waals surface area contributed by atoms with E-state index in [-0.39, 0.29) is 17.3 Å². The van der Waals surface area contributed by atoms with Gasteiger partial charge >= 0.3 is 0 Å². The van der Waals surface area contributed by atoms with E-state index in [2.05, 4.69) is 10.0 Å². The number of methoxy groups -OCH3 is 3. The molecule has 2 N–H and O–H groups in total. The van der Waals surface area contributed by atoms with Gasteiger partial charge in [0.05, 0.1) is 26.2 Å². The molecular formula is C21H28N2O6S. The number of sulfonamides is 1. The lowest BCUT2D eigenvalue weighted by molar-refractivity contribution is 0.0950. The highest BCUT2D eigenvalue weighted by atomic mass is 32.2. The largest absolute Gasteiger partial charge is 0.496 e. The summed E-state index contributed by atoms with van der Waals surface area (Å²) in [6, 6.07) is 9.16. The van der Waals surface area contributed by atoms with Crippen molar-refractivity contribution in [3.63, 3.8) is 0 Å². The minimum absolute atomic E-state index is 0.0931. The smallest absolute Gasteiger partial charge is 0.251 e. The molecule has 1 amide bonds. The first-order valence-corrected chi connectivity index (χ1v) is 10.7. The zero-order chi connectivity index (χ0) is 22.5. The predicted molar refractivity (Wildman–Crippen MR) is 114 cm³/mol. The van der Waals surface area contributed by atoms with Crippen LogP contribution in [0.1, 0.15) is 36.7 Å². The number of carbonyl (C=O) groups excluding carboxylic acids is 1. The molecule has 0 saturated heterocycles. The zero-order valence-electron chi connectivity index (χ0n) is 18.0. The van der Waals surface area contributed by atoms with Gasteiger partial charge in [0.15, 0.2) is 11.5 Å². The molecular weight excluding hydrogens is 408 g/mol. The average Bonchev–Trinajstić information content (AvgIpc) is 2.69. The predicted octanol–water partition coefficient (Wildman–Crippen LogP) is 2.72. The Morgan fingerprint density at radius 2 is 1.43 bits per heavy atom. The molecule has 0 spiro atoms.